The first-order valence-electron chi connectivity index (χ1n) is 4.58. The first-order chi connectivity index (χ1) is 6.64. The van der Waals surface area contributed by atoms with Crippen molar-refractivity contribution in [2.45, 2.75) is 29.6 Å². The molecular formula is C10H12O3S. The van der Waals surface area contributed by atoms with Gasteiger partial charge in [-0.25, -0.2) is 8.42 Å². The van der Waals surface area contributed by atoms with Gasteiger partial charge in [0.05, 0.1) is 16.8 Å². The molecule has 4 heteroatoms. The van der Waals surface area contributed by atoms with Crippen molar-refractivity contribution in [3.63, 3.8) is 0 Å². The Hall–Kier alpha value is -0.870. The normalized spacial score (nSPS) is 16.9. The predicted molar refractivity (Wildman–Crippen MR) is 52.6 cm³/mol. The summed E-state index contributed by atoms with van der Waals surface area (Å²) in [5.41, 5.74) is 0.645. The number of benzene rings is 1. The van der Waals surface area contributed by atoms with Gasteiger partial charge in [-0.05, 0) is 30.5 Å². The lowest BCUT2D eigenvalue weighted by Gasteiger charge is -2.03. The Labute approximate surface area is 83.3 Å². The summed E-state index contributed by atoms with van der Waals surface area (Å²) in [6.45, 7) is -0.117. The maximum absolute atomic E-state index is 11.8. The zero-order valence-electron chi connectivity index (χ0n) is 7.68. The molecular weight excluding hydrogens is 200 g/mol. The van der Waals surface area contributed by atoms with E-state index in [1.54, 1.807) is 24.3 Å². The monoisotopic (exact) mass is 212 g/mol. The maximum Gasteiger partial charge on any atom is 0.181 e. The summed E-state index contributed by atoms with van der Waals surface area (Å²) >= 11 is 0. The molecule has 2 rings (SSSR count). The number of hydrogen-bond donors (Lipinski definition) is 1. The summed E-state index contributed by atoms with van der Waals surface area (Å²) in [5.74, 6) is 0. The molecule has 76 valence electrons. The molecule has 1 saturated carbocycles. The van der Waals surface area contributed by atoms with Crippen molar-refractivity contribution in [3.05, 3.63) is 29.8 Å². The quantitative estimate of drug-likeness (QED) is 0.816. The van der Waals surface area contributed by atoms with Gasteiger partial charge in [-0.15, -0.1) is 0 Å². The van der Waals surface area contributed by atoms with Crippen LogP contribution in [0.4, 0.5) is 0 Å². The third-order valence-electron chi connectivity index (χ3n) is 2.37. The van der Waals surface area contributed by atoms with Gasteiger partial charge in [-0.2, -0.15) is 0 Å². The molecule has 1 N–H and O–H groups in total. The van der Waals surface area contributed by atoms with Crippen LogP contribution in [0.1, 0.15) is 18.4 Å². The molecule has 0 aromatic heterocycles. The lowest BCUT2D eigenvalue weighted by Crippen LogP contribution is -2.07. The molecule has 0 amide bonds. The standard InChI is InChI=1S/C10H12O3S/c11-7-8-2-1-3-10(6-8)14(12,13)9-4-5-9/h1-3,6,9,11H,4-5,7H2. The van der Waals surface area contributed by atoms with Crippen molar-refractivity contribution in [2.75, 3.05) is 0 Å². The highest BCUT2D eigenvalue weighted by Crippen LogP contribution is 2.33. The van der Waals surface area contributed by atoms with Crippen LogP contribution in [0.15, 0.2) is 29.2 Å². The van der Waals surface area contributed by atoms with Crippen LogP contribution in [0, 0.1) is 0 Å². The molecule has 14 heavy (non-hydrogen) atoms. The van der Waals surface area contributed by atoms with Gasteiger partial charge in [-0.1, -0.05) is 12.1 Å². The van der Waals surface area contributed by atoms with E-state index in [9.17, 15) is 8.42 Å². The molecule has 0 spiro atoms. The molecule has 1 aliphatic carbocycles. The summed E-state index contributed by atoms with van der Waals surface area (Å²) in [6.07, 6.45) is 1.54. The van der Waals surface area contributed by atoms with Crippen LogP contribution >= 0.6 is 0 Å². The fraction of sp³-hybridized carbons (Fsp3) is 0.400. The molecule has 0 bridgehead atoms. The van der Waals surface area contributed by atoms with Crippen LogP contribution in [0.2, 0.25) is 0 Å². The smallest absolute Gasteiger partial charge is 0.181 e. The van der Waals surface area contributed by atoms with Crippen LogP contribution in [0.5, 0.6) is 0 Å². The molecule has 1 aliphatic rings. The molecule has 0 heterocycles. The topological polar surface area (TPSA) is 54.4 Å². The van der Waals surface area contributed by atoms with Crippen LogP contribution in [0.3, 0.4) is 0 Å². The average molecular weight is 212 g/mol. The van der Waals surface area contributed by atoms with Gasteiger partial charge < -0.3 is 5.11 Å². The van der Waals surface area contributed by atoms with Gasteiger partial charge in [0, 0.05) is 0 Å². The predicted octanol–water partition coefficient (Wildman–Crippen LogP) is 1.11. The van der Waals surface area contributed by atoms with Crippen LogP contribution in [0.25, 0.3) is 0 Å². The Bertz CT molecular complexity index is 432. The van der Waals surface area contributed by atoms with E-state index in [0.29, 0.717) is 10.5 Å². The lowest BCUT2D eigenvalue weighted by atomic mass is 10.2. The van der Waals surface area contributed by atoms with Crippen LogP contribution in [-0.2, 0) is 16.4 Å². The zero-order valence-corrected chi connectivity index (χ0v) is 8.50. The van der Waals surface area contributed by atoms with Crippen molar-refractivity contribution in [1.82, 2.24) is 0 Å². The zero-order chi connectivity index (χ0) is 10.2. The molecule has 0 atom stereocenters. The number of aliphatic hydroxyl groups is 1. The van der Waals surface area contributed by atoms with Crippen molar-refractivity contribution in [2.24, 2.45) is 0 Å². The highest BCUT2D eigenvalue weighted by molar-refractivity contribution is 7.92. The summed E-state index contributed by atoms with van der Waals surface area (Å²) < 4.78 is 23.6. The number of hydrogen-bond acceptors (Lipinski definition) is 3. The van der Waals surface area contributed by atoms with Crippen molar-refractivity contribution < 1.29 is 13.5 Å². The molecule has 0 saturated heterocycles. The van der Waals surface area contributed by atoms with Gasteiger partial charge in [-0.3, -0.25) is 0 Å². The highest BCUT2D eigenvalue weighted by Gasteiger charge is 2.36. The molecule has 3 nitrogen and oxygen atoms in total. The summed E-state index contributed by atoms with van der Waals surface area (Å²) in [4.78, 5) is 0.339. The van der Waals surface area contributed by atoms with E-state index in [0.717, 1.165) is 12.8 Å². The molecule has 0 radical (unpaired) electrons. The van der Waals surface area contributed by atoms with Gasteiger partial charge in [0.1, 0.15) is 0 Å². The Morgan fingerprint density at radius 2 is 2.07 bits per heavy atom. The Morgan fingerprint density at radius 3 is 2.64 bits per heavy atom. The summed E-state index contributed by atoms with van der Waals surface area (Å²) in [5, 5.41) is 8.70. The van der Waals surface area contributed by atoms with E-state index in [4.69, 9.17) is 5.11 Å². The summed E-state index contributed by atoms with van der Waals surface area (Å²) in [6, 6.07) is 6.52. The third-order valence-corrected chi connectivity index (χ3v) is 4.63. The fourth-order valence-corrected chi connectivity index (χ4v) is 3.12. The largest absolute Gasteiger partial charge is 0.392 e. The minimum atomic E-state index is -3.11. The van der Waals surface area contributed by atoms with E-state index >= 15 is 0 Å². The van der Waals surface area contributed by atoms with Gasteiger partial charge in [0.15, 0.2) is 9.84 Å². The van der Waals surface area contributed by atoms with E-state index < -0.39 is 9.84 Å². The average Bonchev–Trinajstić information content (AvgIpc) is 3.01. The van der Waals surface area contributed by atoms with E-state index in [1.807, 2.05) is 0 Å². The first-order valence-corrected chi connectivity index (χ1v) is 6.13. The van der Waals surface area contributed by atoms with E-state index in [1.165, 1.54) is 0 Å². The number of aliphatic hydroxyl groups excluding tert-OH is 1. The van der Waals surface area contributed by atoms with E-state index in [-0.39, 0.29) is 11.9 Å². The number of sulfone groups is 1. The van der Waals surface area contributed by atoms with Gasteiger partial charge in [0.25, 0.3) is 0 Å². The second-order valence-electron chi connectivity index (χ2n) is 3.55. The van der Waals surface area contributed by atoms with Crippen molar-refractivity contribution >= 4 is 9.84 Å². The lowest BCUT2D eigenvalue weighted by molar-refractivity contribution is 0.281. The SMILES string of the molecule is O=S(=O)(c1cccc(CO)c1)C1CC1. The molecule has 1 aromatic carbocycles. The Kier molecular flexibility index (Phi) is 2.33. The van der Waals surface area contributed by atoms with Crippen molar-refractivity contribution in [3.8, 4) is 0 Å². The van der Waals surface area contributed by atoms with Crippen LogP contribution < -0.4 is 0 Å². The third kappa shape index (κ3) is 1.67. The Balaban J connectivity index is 2.40. The Morgan fingerprint density at radius 1 is 1.36 bits per heavy atom. The molecule has 1 fully saturated rings. The second kappa shape index (κ2) is 3.37. The fourth-order valence-electron chi connectivity index (χ4n) is 1.39. The van der Waals surface area contributed by atoms with Gasteiger partial charge in [0.2, 0.25) is 0 Å². The highest BCUT2D eigenvalue weighted by atomic mass is 32.2. The van der Waals surface area contributed by atoms with E-state index in [2.05, 4.69) is 0 Å². The maximum atomic E-state index is 11.8. The van der Waals surface area contributed by atoms with Crippen LogP contribution in [-0.4, -0.2) is 18.8 Å². The minimum absolute atomic E-state index is 0.117. The van der Waals surface area contributed by atoms with Gasteiger partial charge >= 0.3 is 0 Å². The first kappa shape index (κ1) is 9.68. The molecule has 0 unspecified atom stereocenters. The summed E-state index contributed by atoms with van der Waals surface area (Å²) in [7, 11) is -3.11. The molecule has 1 aromatic rings. The van der Waals surface area contributed by atoms with Crippen molar-refractivity contribution in [1.29, 1.82) is 0 Å². The number of rotatable bonds is 3. The second-order valence-corrected chi connectivity index (χ2v) is 5.78. The minimum Gasteiger partial charge on any atom is -0.392 e. The molecule has 0 aliphatic heterocycles.